The van der Waals surface area contributed by atoms with Crippen molar-refractivity contribution >= 4 is 17.3 Å². The van der Waals surface area contributed by atoms with Gasteiger partial charge < -0.3 is 38.7 Å². The Labute approximate surface area is 242 Å². The lowest BCUT2D eigenvalue weighted by Gasteiger charge is -2.15. The van der Waals surface area contributed by atoms with Crippen molar-refractivity contribution in [3.05, 3.63) is 71.0 Å². The van der Waals surface area contributed by atoms with Crippen molar-refractivity contribution < 1.29 is 38.0 Å². The third kappa shape index (κ3) is 5.05. The Balaban J connectivity index is 1.36. The molecular weight excluding hydrogens is 542 g/mol. The normalized spacial score (nSPS) is 13.5. The number of anilines is 1. The minimum Gasteiger partial charge on any atom is -0.493 e. The number of carbonyl (C=O) groups is 2. The van der Waals surface area contributed by atoms with Gasteiger partial charge in [-0.25, -0.2) is 4.98 Å². The van der Waals surface area contributed by atoms with Crippen LogP contribution in [0.2, 0.25) is 0 Å². The van der Waals surface area contributed by atoms with E-state index in [-0.39, 0.29) is 11.6 Å². The molecule has 1 unspecified atom stereocenters. The summed E-state index contributed by atoms with van der Waals surface area (Å²) in [6.07, 6.45) is 1.96. The van der Waals surface area contributed by atoms with Gasteiger partial charge in [0.05, 0.1) is 54.9 Å². The molecule has 4 aromatic rings. The second kappa shape index (κ2) is 11.7. The Morgan fingerprint density at radius 3 is 1.81 bits per heavy atom. The van der Waals surface area contributed by atoms with Gasteiger partial charge in [-0.15, -0.1) is 0 Å². The summed E-state index contributed by atoms with van der Waals surface area (Å²) >= 11 is 0. The number of nitrogens with one attached hydrogen (secondary N) is 2. The van der Waals surface area contributed by atoms with E-state index in [9.17, 15) is 9.59 Å². The molecule has 0 saturated heterocycles. The highest BCUT2D eigenvalue weighted by molar-refractivity contribution is 6.08. The molecule has 0 fully saturated rings. The molecule has 0 aliphatic carbocycles. The maximum atomic E-state index is 13.5. The van der Waals surface area contributed by atoms with Crippen LogP contribution in [0.25, 0.3) is 11.4 Å². The lowest BCUT2D eigenvalue weighted by Crippen LogP contribution is -2.27. The number of imidazole rings is 1. The van der Waals surface area contributed by atoms with Crippen LogP contribution in [-0.4, -0.2) is 70.2 Å². The fourth-order valence-corrected chi connectivity index (χ4v) is 5.04. The number of hydrogen-bond acceptors (Lipinski definition) is 10. The van der Waals surface area contributed by atoms with Crippen LogP contribution < -0.4 is 33.7 Å². The van der Waals surface area contributed by atoms with Crippen LogP contribution in [0.5, 0.6) is 34.5 Å². The number of carbonyl (C=O) groups excluding carboxylic acids is 2. The molecule has 11 heteroatoms. The fourth-order valence-electron chi connectivity index (χ4n) is 5.04. The molecule has 42 heavy (non-hydrogen) atoms. The van der Waals surface area contributed by atoms with Gasteiger partial charge in [0, 0.05) is 28.8 Å². The molecule has 0 bridgehead atoms. The number of ketones is 2. The van der Waals surface area contributed by atoms with Crippen LogP contribution in [0.15, 0.2) is 48.7 Å². The van der Waals surface area contributed by atoms with Crippen LogP contribution in [0.3, 0.4) is 0 Å². The van der Waals surface area contributed by atoms with Crippen LogP contribution in [0, 0.1) is 0 Å². The van der Waals surface area contributed by atoms with Gasteiger partial charge in [0.1, 0.15) is 11.5 Å². The number of rotatable bonds is 11. The summed E-state index contributed by atoms with van der Waals surface area (Å²) in [5.74, 6) is 2.52. The minimum atomic E-state index is -0.480. The largest absolute Gasteiger partial charge is 0.493 e. The number of benzene rings is 3. The molecule has 11 nitrogen and oxygen atoms in total. The van der Waals surface area contributed by atoms with Crippen molar-refractivity contribution in [2.45, 2.75) is 12.5 Å². The van der Waals surface area contributed by atoms with Crippen LogP contribution in [-0.2, 0) is 6.42 Å². The summed E-state index contributed by atoms with van der Waals surface area (Å²) in [5, 5.41) is 3.31. The van der Waals surface area contributed by atoms with Crippen molar-refractivity contribution in [1.82, 2.24) is 9.97 Å². The number of fused-ring (bicyclic) bond motifs is 1. The first-order valence-electron chi connectivity index (χ1n) is 13.0. The molecule has 218 valence electrons. The summed E-state index contributed by atoms with van der Waals surface area (Å²) in [5.41, 5.74) is 3.67. The van der Waals surface area contributed by atoms with Crippen molar-refractivity contribution in [1.29, 1.82) is 0 Å². The summed E-state index contributed by atoms with van der Waals surface area (Å²) in [4.78, 5) is 34.3. The first-order chi connectivity index (χ1) is 20.3. The van der Waals surface area contributed by atoms with Gasteiger partial charge in [0.2, 0.25) is 17.3 Å². The Hall–Kier alpha value is -5.19. The number of ether oxygens (including phenoxy) is 6. The van der Waals surface area contributed by atoms with Crippen molar-refractivity contribution in [2.75, 3.05) is 48.0 Å². The Morgan fingerprint density at radius 1 is 0.738 bits per heavy atom. The highest BCUT2D eigenvalue weighted by atomic mass is 16.5. The molecule has 0 amide bonds. The minimum absolute atomic E-state index is 0.108. The quantitative estimate of drug-likeness (QED) is 0.246. The van der Waals surface area contributed by atoms with Gasteiger partial charge in [0.15, 0.2) is 28.8 Å². The SMILES string of the molecule is COc1cc(C(=O)c2cnc(-c3ccc4c(c3)CC(C(=O)c3cc(OC)c(OC)c(OC)c3)N4)[nH]2)cc(OC)c1OC. The Kier molecular flexibility index (Phi) is 7.92. The van der Waals surface area contributed by atoms with E-state index in [2.05, 4.69) is 15.3 Å². The molecule has 5 rings (SSSR count). The summed E-state index contributed by atoms with van der Waals surface area (Å²) in [7, 11) is 9.02. The van der Waals surface area contributed by atoms with Crippen LogP contribution in [0.1, 0.15) is 32.0 Å². The average molecular weight is 574 g/mol. The van der Waals surface area contributed by atoms with Gasteiger partial charge in [-0.05, 0) is 48.0 Å². The van der Waals surface area contributed by atoms with E-state index in [1.165, 1.54) is 48.9 Å². The molecule has 1 atom stereocenters. The first kappa shape index (κ1) is 28.3. The van der Waals surface area contributed by atoms with Gasteiger partial charge in [-0.3, -0.25) is 9.59 Å². The monoisotopic (exact) mass is 573 g/mol. The predicted octanol–water partition coefficient (Wildman–Crippen LogP) is 4.58. The van der Waals surface area contributed by atoms with Gasteiger partial charge >= 0.3 is 0 Å². The smallest absolute Gasteiger partial charge is 0.211 e. The molecule has 0 saturated carbocycles. The van der Waals surface area contributed by atoms with E-state index in [0.29, 0.717) is 63.6 Å². The Morgan fingerprint density at radius 2 is 1.29 bits per heavy atom. The maximum Gasteiger partial charge on any atom is 0.211 e. The molecule has 1 aliphatic heterocycles. The predicted molar refractivity (Wildman–Crippen MR) is 155 cm³/mol. The zero-order valence-electron chi connectivity index (χ0n) is 24.1. The molecule has 0 spiro atoms. The lowest BCUT2D eigenvalue weighted by atomic mass is 9.99. The second-order valence-corrected chi connectivity index (χ2v) is 9.44. The molecule has 0 radical (unpaired) electrons. The number of H-pyrrole nitrogens is 1. The van der Waals surface area contributed by atoms with Crippen molar-refractivity contribution in [2.24, 2.45) is 0 Å². The lowest BCUT2D eigenvalue weighted by molar-refractivity contribution is 0.0970. The molecule has 3 aromatic carbocycles. The molecule has 1 aromatic heterocycles. The topological polar surface area (TPSA) is 130 Å². The second-order valence-electron chi connectivity index (χ2n) is 9.44. The van der Waals surface area contributed by atoms with E-state index < -0.39 is 6.04 Å². The number of methoxy groups -OCH3 is 6. The van der Waals surface area contributed by atoms with E-state index in [4.69, 9.17) is 28.4 Å². The highest BCUT2D eigenvalue weighted by Crippen LogP contribution is 2.40. The summed E-state index contributed by atoms with van der Waals surface area (Å²) in [6, 6.07) is 11.7. The van der Waals surface area contributed by atoms with Crippen LogP contribution in [0.4, 0.5) is 5.69 Å². The zero-order chi connectivity index (χ0) is 30.0. The van der Waals surface area contributed by atoms with E-state index in [1.54, 1.807) is 24.3 Å². The summed E-state index contributed by atoms with van der Waals surface area (Å²) < 4.78 is 32.3. The van der Waals surface area contributed by atoms with Crippen LogP contribution >= 0.6 is 0 Å². The van der Waals surface area contributed by atoms with Gasteiger partial charge in [-0.1, -0.05) is 0 Å². The van der Waals surface area contributed by atoms with Crippen molar-refractivity contribution in [3.8, 4) is 45.9 Å². The standard InChI is InChI=1S/C31H31N3O8/c1-37-23-11-18(12-24(38-2)29(23)41-5)27(35)21-10-17-9-16(7-8-20(17)33-21)31-32-15-22(34-31)28(36)19-13-25(39-3)30(42-6)26(14-19)40-4/h7-9,11-15,21,33H,10H2,1-6H3,(H,32,34). The Bertz CT molecular complexity index is 1610. The molecule has 1 aliphatic rings. The number of aromatic amines is 1. The maximum absolute atomic E-state index is 13.5. The van der Waals surface area contributed by atoms with Crippen molar-refractivity contribution in [3.63, 3.8) is 0 Å². The van der Waals surface area contributed by atoms with E-state index in [0.717, 1.165) is 16.8 Å². The first-order valence-corrected chi connectivity index (χ1v) is 13.0. The fraction of sp³-hybridized carbons (Fsp3) is 0.258. The number of aromatic nitrogens is 2. The molecule has 2 N–H and O–H groups in total. The number of Topliss-reactive ketones (excluding diaryl/α,β-unsaturated/α-hetero) is 1. The highest BCUT2D eigenvalue weighted by Gasteiger charge is 2.30. The van der Waals surface area contributed by atoms with Gasteiger partial charge in [-0.2, -0.15) is 0 Å². The van der Waals surface area contributed by atoms with E-state index >= 15 is 0 Å². The van der Waals surface area contributed by atoms with E-state index in [1.807, 2.05) is 18.2 Å². The zero-order valence-corrected chi connectivity index (χ0v) is 24.1. The molecule has 2 heterocycles. The number of nitrogens with zero attached hydrogens (tertiary/aromatic N) is 1. The third-order valence-corrected chi connectivity index (χ3v) is 7.15. The van der Waals surface area contributed by atoms with Gasteiger partial charge in [0.25, 0.3) is 0 Å². The number of hydrogen-bond donors (Lipinski definition) is 2. The summed E-state index contributed by atoms with van der Waals surface area (Å²) in [6.45, 7) is 0. The average Bonchev–Trinajstić information content (AvgIpc) is 3.70. The third-order valence-electron chi connectivity index (χ3n) is 7.15. The molecular formula is C31H31N3O8.